The number of amides is 1. The predicted molar refractivity (Wildman–Crippen MR) is 78.3 cm³/mol. The van der Waals surface area contributed by atoms with Crippen LogP contribution in [0, 0.1) is 11.6 Å². The molecular formula is C16H13F2NO4. The molecule has 0 spiro atoms. The van der Waals surface area contributed by atoms with Gasteiger partial charge in [-0.2, -0.15) is 0 Å². The van der Waals surface area contributed by atoms with Gasteiger partial charge < -0.3 is 14.8 Å². The van der Waals surface area contributed by atoms with Crippen LogP contribution in [-0.4, -0.2) is 25.6 Å². The molecule has 120 valence electrons. The van der Waals surface area contributed by atoms with Crippen molar-refractivity contribution in [2.75, 3.05) is 19.0 Å². The Kier molecular flexibility index (Phi) is 5.24. The monoisotopic (exact) mass is 321 g/mol. The van der Waals surface area contributed by atoms with E-state index in [9.17, 15) is 18.4 Å². The van der Waals surface area contributed by atoms with Gasteiger partial charge >= 0.3 is 5.97 Å². The van der Waals surface area contributed by atoms with Gasteiger partial charge in [-0.25, -0.2) is 13.6 Å². The second kappa shape index (κ2) is 7.35. The van der Waals surface area contributed by atoms with Gasteiger partial charge in [0.2, 0.25) is 0 Å². The molecule has 23 heavy (non-hydrogen) atoms. The largest absolute Gasteiger partial charge is 0.497 e. The lowest BCUT2D eigenvalue weighted by Gasteiger charge is -2.08. The van der Waals surface area contributed by atoms with Crippen molar-refractivity contribution in [1.29, 1.82) is 0 Å². The molecule has 0 unspecified atom stereocenters. The number of carbonyl (C=O) groups excluding carboxylic acids is 2. The molecule has 2 rings (SSSR count). The first-order chi connectivity index (χ1) is 11.0. The molecule has 0 aliphatic rings. The number of benzene rings is 2. The minimum atomic E-state index is -0.987. The zero-order valence-corrected chi connectivity index (χ0v) is 12.1. The molecule has 0 heterocycles. The molecule has 0 aromatic heterocycles. The Labute approximate surface area is 130 Å². The lowest BCUT2D eigenvalue weighted by atomic mass is 10.2. The van der Waals surface area contributed by atoms with Crippen LogP contribution in [0.25, 0.3) is 0 Å². The molecule has 1 N–H and O–H groups in total. The third kappa shape index (κ3) is 4.50. The standard InChI is InChI=1S/C16H13F2NO4/c1-22-12-5-6-13(14(18)8-12)16(21)23-9-15(20)19-11-4-2-3-10(17)7-11/h2-8H,9H2,1H3,(H,19,20). The minimum Gasteiger partial charge on any atom is -0.497 e. The Morgan fingerprint density at radius 2 is 1.91 bits per heavy atom. The van der Waals surface area contributed by atoms with E-state index in [1.807, 2.05) is 0 Å². The van der Waals surface area contributed by atoms with Gasteiger partial charge in [0.05, 0.1) is 12.7 Å². The summed E-state index contributed by atoms with van der Waals surface area (Å²) < 4.78 is 36.2. The minimum absolute atomic E-state index is 0.224. The van der Waals surface area contributed by atoms with Crippen LogP contribution in [0.2, 0.25) is 0 Å². The molecular weight excluding hydrogens is 308 g/mol. The van der Waals surface area contributed by atoms with Crippen LogP contribution in [0.4, 0.5) is 14.5 Å². The van der Waals surface area contributed by atoms with Gasteiger partial charge in [0.1, 0.15) is 17.4 Å². The molecule has 0 saturated heterocycles. The highest BCUT2D eigenvalue weighted by Crippen LogP contribution is 2.17. The summed E-state index contributed by atoms with van der Waals surface area (Å²) in [4.78, 5) is 23.4. The van der Waals surface area contributed by atoms with Crippen LogP contribution in [0.15, 0.2) is 42.5 Å². The van der Waals surface area contributed by atoms with Crippen molar-refractivity contribution >= 4 is 17.6 Å². The van der Waals surface area contributed by atoms with Crippen LogP contribution in [0.1, 0.15) is 10.4 Å². The van der Waals surface area contributed by atoms with Gasteiger partial charge in [-0.3, -0.25) is 4.79 Å². The molecule has 0 aliphatic carbocycles. The molecule has 0 atom stereocenters. The first-order valence-corrected chi connectivity index (χ1v) is 6.55. The number of esters is 1. The van der Waals surface area contributed by atoms with Gasteiger partial charge in [-0.15, -0.1) is 0 Å². The highest BCUT2D eigenvalue weighted by Gasteiger charge is 2.15. The smallest absolute Gasteiger partial charge is 0.341 e. The lowest BCUT2D eigenvalue weighted by Crippen LogP contribution is -2.21. The number of anilines is 1. The Morgan fingerprint density at radius 1 is 1.13 bits per heavy atom. The summed E-state index contributed by atoms with van der Waals surface area (Å²) in [6.07, 6.45) is 0. The van der Waals surface area contributed by atoms with Gasteiger partial charge in [-0.05, 0) is 30.3 Å². The van der Waals surface area contributed by atoms with Gasteiger partial charge in [0, 0.05) is 11.8 Å². The average molecular weight is 321 g/mol. The van der Waals surface area contributed by atoms with Crippen LogP contribution in [-0.2, 0) is 9.53 Å². The summed E-state index contributed by atoms with van der Waals surface area (Å²) in [5.74, 6) is -2.74. The molecule has 0 radical (unpaired) electrons. The van der Waals surface area contributed by atoms with Crippen molar-refractivity contribution in [3.63, 3.8) is 0 Å². The molecule has 1 amide bonds. The van der Waals surface area contributed by atoms with Gasteiger partial charge in [0.15, 0.2) is 6.61 Å². The van der Waals surface area contributed by atoms with E-state index in [4.69, 9.17) is 9.47 Å². The van der Waals surface area contributed by atoms with Crippen molar-refractivity contribution in [2.24, 2.45) is 0 Å². The maximum atomic E-state index is 13.7. The van der Waals surface area contributed by atoms with E-state index in [0.29, 0.717) is 0 Å². The quantitative estimate of drug-likeness (QED) is 0.860. The molecule has 2 aromatic rings. The zero-order valence-electron chi connectivity index (χ0n) is 12.1. The van der Waals surface area contributed by atoms with Gasteiger partial charge in [0.25, 0.3) is 5.91 Å². The topological polar surface area (TPSA) is 64.6 Å². The summed E-state index contributed by atoms with van der Waals surface area (Å²) in [6.45, 7) is -0.624. The molecule has 0 aliphatic heterocycles. The molecule has 0 bridgehead atoms. The molecule has 2 aromatic carbocycles. The second-order valence-corrected chi connectivity index (χ2v) is 4.48. The first-order valence-electron chi connectivity index (χ1n) is 6.55. The summed E-state index contributed by atoms with van der Waals surface area (Å²) in [5.41, 5.74) is -0.0916. The summed E-state index contributed by atoms with van der Waals surface area (Å²) in [7, 11) is 1.36. The summed E-state index contributed by atoms with van der Waals surface area (Å²) in [6, 6.07) is 8.86. The number of ether oxygens (including phenoxy) is 2. The van der Waals surface area contributed by atoms with Crippen LogP contribution in [0.5, 0.6) is 5.75 Å². The van der Waals surface area contributed by atoms with Crippen molar-refractivity contribution in [3.8, 4) is 5.75 Å². The Bertz CT molecular complexity index is 734. The zero-order chi connectivity index (χ0) is 16.8. The number of nitrogens with one attached hydrogen (secondary N) is 1. The molecule has 7 heteroatoms. The van der Waals surface area contributed by atoms with E-state index in [1.165, 1.54) is 37.4 Å². The van der Waals surface area contributed by atoms with E-state index < -0.39 is 30.1 Å². The normalized spacial score (nSPS) is 10.0. The fourth-order valence-corrected chi connectivity index (χ4v) is 1.76. The van der Waals surface area contributed by atoms with E-state index >= 15 is 0 Å². The van der Waals surface area contributed by atoms with Crippen LogP contribution >= 0.6 is 0 Å². The first kappa shape index (κ1) is 16.4. The number of carbonyl (C=O) groups is 2. The fraction of sp³-hybridized carbons (Fsp3) is 0.125. The number of hydrogen-bond donors (Lipinski definition) is 1. The Balaban J connectivity index is 1.92. The predicted octanol–water partition coefficient (Wildman–Crippen LogP) is 2.77. The fourth-order valence-electron chi connectivity index (χ4n) is 1.76. The van der Waals surface area contributed by atoms with E-state index in [1.54, 1.807) is 0 Å². The third-order valence-electron chi connectivity index (χ3n) is 2.84. The molecule has 0 saturated carbocycles. The van der Waals surface area contributed by atoms with E-state index in [2.05, 4.69) is 5.32 Å². The van der Waals surface area contributed by atoms with E-state index in [-0.39, 0.29) is 17.0 Å². The van der Waals surface area contributed by atoms with Crippen LogP contribution in [0.3, 0.4) is 0 Å². The maximum absolute atomic E-state index is 13.7. The van der Waals surface area contributed by atoms with Crippen molar-refractivity contribution in [1.82, 2.24) is 0 Å². The summed E-state index contributed by atoms with van der Waals surface area (Å²) in [5, 5.41) is 2.35. The highest BCUT2D eigenvalue weighted by atomic mass is 19.1. The Hall–Kier alpha value is -2.96. The number of halogens is 2. The molecule has 0 fully saturated rings. The number of rotatable bonds is 5. The summed E-state index contributed by atoms with van der Waals surface area (Å²) >= 11 is 0. The van der Waals surface area contributed by atoms with Gasteiger partial charge in [-0.1, -0.05) is 6.07 Å². The lowest BCUT2D eigenvalue weighted by molar-refractivity contribution is -0.119. The van der Waals surface area contributed by atoms with Crippen molar-refractivity contribution in [3.05, 3.63) is 59.7 Å². The number of methoxy groups -OCH3 is 1. The molecule has 5 nitrogen and oxygen atoms in total. The second-order valence-electron chi connectivity index (χ2n) is 4.48. The van der Waals surface area contributed by atoms with Crippen molar-refractivity contribution < 1.29 is 27.8 Å². The number of hydrogen-bond acceptors (Lipinski definition) is 4. The van der Waals surface area contributed by atoms with E-state index in [0.717, 1.165) is 12.1 Å². The maximum Gasteiger partial charge on any atom is 0.341 e. The van der Waals surface area contributed by atoms with Crippen LogP contribution < -0.4 is 10.1 Å². The Morgan fingerprint density at radius 3 is 2.57 bits per heavy atom. The SMILES string of the molecule is COc1ccc(C(=O)OCC(=O)Nc2cccc(F)c2)c(F)c1. The average Bonchev–Trinajstić information content (AvgIpc) is 2.52. The van der Waals surface area contributed by atoms with Crippen molar-refractivity contribution in [2.45, 2.75) is 0 Å². The third-order valence-corrected chi connectivity index (χ3v) is 2.84. The highest BCUT2D eigenvalue weighted by molar-refractivity contribution is 5.95.